The van der Waals surface area contributed by atoms with Crippen LogP contribution in [0.4, 0.5) is 16.2 Å². The lowest BCUT2D eigenvalue weighted by molar-refractivity contribution is -0.385. The largest absolute Gasteiger partial charge is 0.417 e. The third-order valence-electron chi connectivity index (χ3n) is 2.59. The first-order valence-electron chi connectivity index (χ1n) is 5.85. The second-order valence-corrected chi connectivity index (χ2v) is 4.09. The first kappa shape index (κ1) is 13.5. The molecule has 1 amide bonds. The van der Waals surface area contributed by atoms with Crippen LogP contribution in [0.2, 0.25) is 0 Å². The highest BCUT2D eigenvalue weighted by atomic mass is 16.6. The van der Waals surface area contributed by atoms with E-state index in [0.717, 1.165) is 0 Å². The fraction of sp³-hybridized carbons (Fsp3) is 0.0714. The number of nitrogens with one attached hydrogen (secondary N) is 1. The van der Waals surface area contributed by atoms with Gasteiger partial charge in [0, 0.05) is 17.3 Å². The van der Waals surface area contributed by atoms with Gasteiger partial charge in [0.25, 0.3) is 5.69 Å². The third-order valence-corrected chi connectivity index (χ3v) is 2.59. The number of para-hydroxylation sites is 1. The number of hydrogen-bond acceptors (Lipinski definition) is 4. The van der Waals surface area contributed by atoms with Crippen LogP contribution in [0.1, 0.15) is 5.56 Å². The molecule has 0 bridgehead atoms. The van der Waals surface area contributed by atoms with Gasteiger partial charge in [0.15, 0.2) is 0 Å². The Morgan fingerprint density at radius 1 is 1.20 bits per heavy atom. The lowest BCUT2D eigenvalue weighted by atomic mass is 10.2. The van der Waals surface area contributed by atoms with Gasteiger partial charge >= 0.3 is 6.09 Å². The number of aryl methyl sites for hydroxylation is 1. The number of nitrogens with zero attached hydrogens (tertiary/aromatic N) is 1. The number of nitro benzene ring substituents is 1. The zero-order valence-electron chi connectivity index (χ0n) is 10.7. The van der Waals surface area contributed by atoms with Gasteiger partial charge in [-0.25, -0.2) is 4.79 Å². The van der Waals surface area contributed by atoms with E-state index in [4.69, 9.17) is 4.74 Å². The standard InChI is InChI=1S/C14H12N2O4/c1-10-9-11(7-8-13(10)16(18)19)15-14(17)20-12-5-3-2-4-6-12/h2-9H,1H3,(H,15,17). The average Bonchev–Trinajstić information content (AvgIpc) is 2.39. The molecule has 20 heavy (non-hydrogen) atoms. The van der Waals surface area contributed by atoms with Crippen LogP contribution >= 0.6 is 0 Å². The smallest absolute Gasteiger partial charge is 0.410 e. The second-order valence-electron chi connectivity index (χ2n) is 4.09. The monoisotopic (exact) mass is 272 g/mol. The summed E-state index contributed by atoms with van der Waals surface area (Å²) >= 11 is 0. The van der Waals surface area contributed by atoms with Crippen molar-refractivity contribution in [1.29, 1.82) is 0 Å². The van der Waals surface area contributed by atoms with Crippen LogP contribution in [0.15, 0.2) is 48.5 Å². The van der Waals surface area contributed by atoms with Crippen LogP contribution in [-0.2, 0) is 0 Å². The Bertz CT molecular complexity index is 641. The van der Waals surface area contributed by atoms with Crippen LogP contribution < -0.4 is 10.1 Å². The molecule has 0 radical (unpaired) electrons. The summed E-state index contributed by atoms with van der Waals surface area (Å²) in [7, 11) is 0. The molecule has 1 N–H and O–H groups in total. The van der Waals surface area contributed by atoms with Gasteiger partial charge in [0.2, 0.25) is 0 Å². The molecule has 2 aromatic rings. The van der Waals surface area contributed by atoms with Gasteiger partial charge in [0.1, 0.15) is 5.75 Å². The number of ether oxygens (including phenoxy) is 1. The molecular weight excluding hydrogens is 260 g/mol. The van der Waals surface area contributed by atoms with E-state index in [9.17, 15) is 14.9 Å². The van der Waals surface area contributed by atoms with Crippen molar-refractivity contribution in [2.75, 3.05) is 5.32 Å². The molecule has 102 valence electrons. The van der Waals surface area contributed by atoms with E-state index < -0.39 is 11.0 Å². The second kappa shape index (κ2) is 5.83. The van der Waals surface area contributed by atoms with Crippen molar-refractivity contribution in [3.05, 3.63) is 64.2 Å². The number of hydrogen-bond donors (Lipinski definition) is 1. The maximum Gasteiger partial charge on any atom is 0.417 e. The van der Waals surface area contributed by atoms with E-state index in [0.29, 0.717) is 17.0 Å². The summed E-state index contributed by atoms with van der Waals surface area (Å²) in [6.45, 7) is 1.60. The van der Waals surface area contributed by atoms with Crippen LogP contribution in [0.3, 0.4) is 0 Å². The molecule has 0 heterocycles. The molecule has 0 aliphatic rings. The van der Waals surface area contributed by atoms with E-state index in [1.807, 2.05) is 6.07 Å². The zero-order valence-corrected chi connectivity index (χ0v) is 10.7. The van der Waals surface area contributed by atoms with Crippen LogP contribution in [0.5, 0.6) is 5.75 Å². The van der Waals surface area contributed by atoms with Gasteiger partial charge in [0.05, 0.1) is 4.92 Å². The normalized spacial score (nSPS) is 9.85. The molecule has 0 aliphatic heterocycles. The Morgan fingerprint density at radius 3 is 2.50 bits per heavy atom. The lowest BCUT2D eigenvalue weighted by Crippen LogP contribution is -2.16. The van der Waals surface area contributed by atoms with E-state index in [-0.39, 0.29) is 5.69 Å². The van der Waals surface area contributed by atoms with Gasteiger partial charge in [-0.1, -0.05) is 18.2 Å². The molecule has 6 nitrogen and oxygen atoms in total. The van der Waals surface area contributed by atoms with Crippen LogP contribution in [-0.4, -0.2) is 11.0 Å². The lowest BCUT2D eigenvalue weighted by Gasteiger charge is -2.07. The number of carbonyl (C=O) groups excluding carboxylic acids is 1. The summed E-state index contributed by atoms with van der Waals surface area (Å²) in [6, 6.07) is 12.9. The Morgan fingerprint density at radius 2 is 1.90 bits per heavy atom. The molecule has 0 unspecified atom stereocenters. The van der Waals surface area contributed by atoms with E-state index in [2.05, 4.69) is 5.32 Å². The number of nitro groups is 1. The number of rotatable bonds is 3. The maximum absolute atomic E-state index is 11.6. The Balaban J connectivity index is 2.05. The first-order valence-corrected chi connectivity index (χ1v) is 5.85. The number of carbonyl (C=O) groups is 1. The van der Waals surface area contributed by atoms with Gasteiger partial charge in [-0.3, -0.25) is 15.4 Å². The van der Waals surface area contributed by atoms with Crippen molar-refractivity contribution < 1.29 is 14.5 Å². The predicted molar refractivity (Wildman–Crippen MR) is 73.9 cm³/mol. The van der Waals surface area contributed by atoms with Gasteiger partial charge in [-0.05, 0) is 31.2 Å². The minimum Gasteiger partial charge on any atom is -0.410 e. The SMILES string of the molecule is Cc1cc(NC(=O)Oc2ccccc2)ccc1[N+](=O)[O-]. The summed E-state index contributed by atoms with van der Waals surface area (Å²) in [6.07, 6.45) is -0.649. The molecule has 2 rings (SSSR count). The highest BCUT2D eigenvalue weighted by molar-refractivity contribution is 5.86. The molecule has 0 saturated carbocycles. The van der Waals surface area contributed by atoms with Crippen molar-refractivity contribution >= 4 is 17.5 Å². The highest BCUT2D eigenvalue weighted by Gasteiger charge is 2.12. The first-order chi connectivity index (χ1) is 9.56. The van der Waals surface area contributed by atoms with Crippen molar-refractivity contribution in [2.24, 2.45) is 0 Å². The van der Waals surface area contributed by atoms with Crippen molar-refractivity contribution in [2.45, 2.75) is 6.92 Å². The Hall–Kier alpha value is -2.89. The van der Waals surface area contributed by atoms with Gasteiger partial charge < -0.3 is 4.74 Å². The number of amides is 1. The average molecular weight is 272 g/mol. The van der Waals surface area contributed by atoms with Crippen molar-refractivity contribution in [1.82, 2.24) is 0 Å². The van der Waals surface area contributed by atoms with Crippen molar-refractivity contribution in [3.8, 4) is 5.75 Å². The van der Waals surface area contributed by atoms with E-state index >= 15 is 0 Å². The molecular formula is C14H12N2O4. The minimum absolute atomic E-state index is 0.00646. The zero-order chi connectivity index (χ0) is 14.5. The molecule has 6 heteroatoms. The van der Waals surface area contributed by atoms with Gasteiger partial charge in [-0.2, -0.15) is 0 Å². The molecule has 0 fully saturated rings. The van der Waals surface area contributed by atoms with E-state index in [1.165, 1.54) is 18.2 Å². The fourth-order valence-electron chi connectivity index (χ4n) is 1.68. The fourth-order valence-corrected chi connectivity index (χ4v) is 1.68. The van der Waals surface area contributed by atoms with Crippen LogP contribution in [0, 0.1) is 17.0 Å². The number of benzene rings is 2. The summed E-state index contributed by atoms with van der Waals surface area (Å²) in [5, 5.41) is 13.2. The quantitative estimate of drug-likeness (QED) is 0.684. The third kappa shape index (κ3) is 3.32. The Labute approximate surface area is 115 Å². The summed E-state index contributed by atoms with van der Waals surface area (Å²) in [5.41, 5.74) is 0.911. The molecule has 0 aromatic heterocycles. The summed E-state index contributed by atoms with van der Waals surface area (Å²) in [4.78, 5) is 21.9. The summed E-state index contributed by atoms with van der Waals surface area (Å²) < 4.78 is 5.05. The molecule has 0 spiro atoms. The Kier molecular flexibility index (Phi) is 3.95. The summed E-state index contributed by atoms with van der Waals surface area (Å²) in [5.74, 6) is 0.420. The van der Waals surface area contributed by atoms with Gasteiger partial charge in [-0.15, -0.1) is 0 Å². The topological polar surface area (TPSA) is 81.5 Å². The van der Waals surface area contributed by atoms with Crippen molar-refractivity contribution in [3.63, 3.8) is 0 Å². The maximum atomic E-state index is 11.6. The molecule has 0 atom stereocenters. The molecule has 0 saturated heterocycles. The minimum atomic E-state index is -0.649. The highest BCUT2D eigenvalue weighted by Crippen LogP contribution is 2.21. The van der Waals surface area contributed by atoms with E-state index in [1.54, 1.807) is 31.2 Å². The van der Waals surface area contributed by atoms with Crippen LogP contribution in [0.25, 0.3) is 0 Å². The molecule has 0 aliphatic carbocycles. The molecule has 2 aromatic carbocycles. The predicted octanol–water partition coefficient (Wildman–Crippen LogP) is 3.51. The number of anilines is 1.